The summed E-state index contributed by atoms with van der Waals surface area (Å²) in [6.07, 6.45) is 3.78. The van der Waals surface area contributed by atoms with Gasteiger partial charge in [-0.3, -0.25) is 4.79 Å². The lowest BCUT2D eigenvalue weighted by Gasteiger charge is -2.30. The van der Waals surface area contributed by atoms with Gasteiger partial charge in [0, 0.05) is 32.1 Å². The summed E-state index contributed by atoms with van der Waals surface area (Å²) >= 11 is 6.04. The van der Waals surface area contributed by atoms with E-state index in [0.717, 1.165) is 38.8 Å². The first-order valence-electron chi connectivity index (χ1n) is 7.34. The van der Waals surface area contributed by atoms with Crippen LogP contribution in [-0.2, 0) is 4.79 Å². The van der Waals surface area contributed by atoms with E-state index in [4.69, 9.17) is 17.3 Å². The van der Waals surface area contributed by atoms with Crippen LogP contribution in [0.2, 0.25) is 5.28 Å². The molecule has 0 saturated carbocycles. The molecule has 8 heteroatoms. The molecule has 0 aromatic carbocycles. The fraction of sp³-hybridized carbons (Fsp3) is 0.692. The molecule has 3 rings (SSSR count). The minimum absolute atomic E-state index is 0.0448. The molecule has 21 heavy (non-hydrogen) atoms. The zero-order valence-corrected chi connectivity index (χ0v) is 12.6. The maximum Gasteiger partial charge on any atom is 0.231 e. The number of hydrogen-bond donors (Lipinski definition) is 1. The molecule has 1 amide bonds. The van der Waals surface area contributed by atoms with Crippen molar-refractivity contribution in [2.45, 2.75) is 25.7 Å². The Morgan fingerprint density at radius 3 is 2.05 bits per heavy atom. The predicted octanol–water partition coefficient (Wildman–Crippen LogP) is 0.827. The molecule has 2 fully saturated rings. The van der Waals surface area contributed by atoms with Gasteiger partial charge < -0.3 is 15.5 Å². The van der Waals surface area contributed by atoms with Crippen molar-refractivity contribution in [3.05, 3.63) is 5.28 Å². The summed E-state index contributed by atoms with van der Waals surface area (Å²) in [5, 5.41) is 0.221. The van der Waals surface area contributed by atoms with E-state index in [1.807, 2.05) is 4.90 Å². The van der Waals surface area contributed by atoms with E-state index in [0.29, 0.717) is 25.0 Å². The Kier molecular flexibility index (Phi) is 4.10. The van der Waals surface area contributed by atoms with Crippen LogP contribution in [0.3, 0.4) is 0 Å². The number of aromatic nitrogens is 3. The molecule has 2 saturated heterocycles. The summed E-state index contributed by atoms with van der Waals surface area (Å²) in [5.41, 5.74) is 5.36. The molecule has 2 aliphatic rings. The second-order valence-corrected chi connectivity index (χ2v) is 5.90. The molecule has 0 unspecified atom stereocenters. The highest BCUT2D eigenvalue weighted by Gasteiger charge is 2.26. The molecule has 7 nitrogen and oxygen atoms in total. The number of rotatable bonds is 3. The number of hydrogen-bond acceptors (Lipinski definition) is 6. The topological polar surface area (TPSA) is 88.2 Å². The summed E-state index contributed by atoms with van der Waals surface area (Å²) in [6.45, 7) is 3.36. The Labute approximate surface area is 128 Å². The van der Waals surface area contributed by atoms with E-state index in [9.17, 15) is 4.79 Å². The van der Waals surface area contributed by atoms with E-state index in [1.54, 1.807) is 0 Å². The van der Waals surface area contributed by atoms with Gasteiger partial charge in [-0.05, 0) is 37.3 Å². The molecule has 1 aromatic rings. The molecule has 0 bridgehead atoms. The fourth-order valence-electron chi connectivity index (χ4n) is 2.89. The molecule has 0 spiro atoms. The lowest BCUT2D eigenvalue weighted by atomic mass is 9.96. The van der Waals surface area contributed by atoms with Gasteiger partial charge in [-0.15, -0.1) is 0 Å². The van der Waals surface area contributed by atoms with Gasteiger partial charge in [0.1, 0.15) is 0 Å². The van der Waals surface area contributed by atoms with Crippen molar-refractivity contribution in [3.63, 3.8) is 0 Å². The van der Waals surface area contributed by atoms with Crippen molar-refractivity contribution in [1.82, 2.24) is 15.0 Å². The van der Waals surface area contributed by atoms with Crippen molar-refractivity contribution in [1.29, 1.82) is 0 Å². The highest BCUT2D eigenvalue weighted by molar-refractivity contribution is 6.28. The van der Waals surface area contributed by atoms with Crippen LogP contribution < -0.4 is 15.5 Å². The number of primary amides is 1. The summed E-state index contributed by atoms with van der Waals surface area (Å²) < 4.78 is 0. The lowest BCUT2D eigenvalue weighted by molar-refractivity contribution is -0.122. The van der Waals surface area contributed by atoms with Crippen LogP contribution in [0.1, 0.15) is 25.7 Å². The Morgan fingerprint density at radius 2 is 1.52 bits per heavy atom. The molecule has 0 aliphatic carbocycles. The highest BCUT2D eigenvalue weighted by atomic mass is 35.5. The Hall–Kier alpha value is -1.63. The average molecular weight is 311 g/mol. The number of carbonyl (C=O) groups is 1. The minimum Gasteiger partial charge on any atom is -0.369 e. The molecular weight excluding hydrogens is 292 g/mol. The van der Waals surface area contributed by atoms with Gasteiger partial charge in [-0.1, -0.05) is 0 Å². The summed E-state index contributed by atoms with van der Waals surface area (Å²) in [5.74, 6) is 0.983. The summed E-state index contributed by atoms with van der Waals surface area (Å²) in [6, 6.07) is 0. The van der Waals surface area contributed by atoms with Gasteiger partial charge in [0.25, 0.3) is 0 Å². The van der Waals surface area contributed by atoms with Crippen LogP contribution in [0, 0.1) is 5.92 Å². The van der Waals surface area contributed by atoms with Crippen molar-refractivity contribution in [3.8, 4) is 0 Å². The van der Waals surface area contributed by atoms with Crippen LogP contribution in [0.25, 0.3) is 0 Å². The molecule has 114 valence electrons. The lowest BCUT2D eigenvalue weighted by Crippen LogP contribution is -2.39. The fourth-order valence-corrected chi connectivity index (χ4v) is 3.04. The van der Waals surface area contributed by atoms with Crippen molar-refractivity contribution >= 4 is 29.4 Å². The quantitative estimate of drug-likeness (QED) is 0.889. The Bertz CT molecular complexity index is 525. The van der Waals surface area contributed by atoms with Crippen LogP contribution in [0.5, 0.6) is 0 Å². The summed E-state index contributed by atoms with van der Waals surface area (Å²) in [7, 11) is 0. The second kappa shape index (κ2) is 6.01. The third-order valence-corrected chi connectivity index (χ3v) is 4.32. The molecule has 3 heterocycles. The molecule has 2 aliphatic heterocycles. The van der Waals surface area contributed by atoms with Crippen LogP contribution in [-0.4, -0.2) is 47.0 Å². The van der Waals surface area contributed by atoms with Crippen molar-refractivity contribution in [2.75, 3.05) is 36.0 Å². The van der Waals surface area contributed by atoms with E-state index in [1.165, 1.54) is 0 Å². The summed E-state index contributed by atoms with van der Waals surface area (Å²) in [4.78, 5) is 28.4. The second-order valence-electron chi connectivity index (χ2n) is 5.56. The van der Waals surface area contributed by atoms with E-state index >= 15 is 0 Å². The number of nitrogens with zero attached hydrogens (tertiary/aromatic N) is 5. The van der Waals surface area contributed by atoms with E-state index in [2.05, 4.69) is 19.9 Å². The third kappa shape index (κ3) is 3.18. The van der Waals surface area contributed by atoms with Gasteiger partial charge in [-0.2, -0.15) is 15.0 Å². The number of amides is 1. The number of carbonyl (C=O) groups excluding carboxylic acids is 1. The Balaban J connectivity index is 1.74. The first-order chi connectivity index (χ1) is 10.1. The number of halogens is 1. The van der Waals surface area contributed by atoms with Gasteiger partial charge in [0.15, 0.2) is 0 Å². The standard InChI is InChI=1S/C13H19ClN6O/c14-11-16-12(19-5-1-2-6-19)18-13(17-11)20-7-3-9(4-8-20)10(15)21/h9H,1-8H2,(H2,15,21). The Morgan fingerprint density at radius 1 is 1.00 bits per heavy atom. The first kappa shape index (κ1) is 14.3. The zero-order chi connectivity index (χ0) is 14.8. The van der Waals surface area contributed by atoms with E-state index < -0.39 is 0 Å². The molecule has 2 N–H and O–H groups in total. The first-order valence-corrected chi connectivity index (χ1v) is 7.72. The SMILES string of the molecule is NC(=O)C1CCN(c2nc(Cl)nc(N3CCCC3)n2)CC1. The van der Waals surface area contributed by atoms with Gasteiger partial charge in [0.2, 0.25) is 23.1 Å². The van der Waals surface area contributed by atoms with Gasteiger partial charge >= 0.3 is 0 Å². The molecule has 1 aromatic heterocycles. The minimum atomic E-state index is -0.221. The van der Waals surface area contributed by atoms with Gasteiger partial charge in [0.05, 0.1) is 0 Å². The molecule has 0 atom stereocenters. The zero-order valence-electron chi connectivity index (χ0n) is 11.8. The highest BCUT2D eigenvalue weighted by Crippen LogP contribution is 2.24. The van der Waals surface area contributed by atoms with Crippen LogP contribution in [0.4, 0.5) is 11.9 Å². The number of anilines is 2. The monoisotopic (exact) mass is 310 g/mol. The normalized spacial score (nSPS) is 20.0. The average Bonchev–Trinajstić information content (AvgIpc) is 3.01. The smallest absolute Gasteiger partial charge is 0.231 e. The van der Waals surface area contributed by atoms with Crippen molar-refractivity contribution in [2.24, 2.45) is 11.7 Å². The predicted molar refractivity (Wildman–Crippen MR) is 80.4 cm³/mol. The third-order valence-electron chi connectivity index (χ3n) is 4.15. The maximum absolute atomic E-state index is 11.2. The van der Waals surface area contributed by atoms with Crippen molar-refractivity contribution < 1.29 is 4.79 Å². The number of piperidine rings is 1. The largest absolute Gasteiger partial charge is 0.369 e. The van der Waals surface area contributed by atoms with Crippen LogP contribution >= 0.6 is 11.6 Å². The molecular formula is C13H19ClN6O. The number of nitrogens with two attached hydrogens (primary N) is 1. The maximum atomic E-state index is 11.2. The van der Waals surface area contributed by atoms with E-state index in [-0.39, 0.29) is 17.1 Å². The van der Waals surface area contributed by atoms with Crippen LogP contribution in [0.15, 0.2) is 0 Å². The molecule has 0 radical (unpaired) electrons. The van der Waals surface area contributed by atoms with Gasteiger partial charge in [-0.25, -0.2) is 0 Å².